The van der Waals surface area contributed by atoms with E-state index in [2.05, 4.69) is 11.8 Å². The molecule has 0 spiro atoms. The van der Waals surface area contributed by atoms with Crippen LogP contribution in [0.2, 0.25) is 0 Å². The van der Waals surface area contributed by atoms with Crippen LogP contribution in [0.15, 0.2) is 24.3 Å². The third-order valence-electron chi connectivity index (χ3n) is 4.94. The SMILES string of the molecule is CC1CCC(Cc2cccc(C(F)(F)F)c2)(N(C)C)CC1. The summed E-state index contributed by atoms with van der Waals surface area (Å²) < 4.78 is 38.5. The molecule has 0 unspecified atom stereocenters. The van der Waals surface area contributed by atoms with E-state index in [1.54, 1.807) is 0 Å². The Morgan fingerprint density at radius 3 is 2.33 bits per heavy atom. The highest BCUT2D eigenvalue weighted by Crippen LogP contribution is 2.38. The van der Waals surface area contributed by atoms with Crippen LogP contribution in [-0.4, -0.2) is 24.5 Å². The quantitative estimate of drug-likeness (QED) is 0.778. The molecule has 0 atom stereocenters. The topological polar surface area (TPSA) is 3.24 Å². The van der Waals surface area contributed by atoms with Gasteiger partial charge in [0.1, 0.15) is 0 Å². The summed E-state index contributed by atoms with van der Waals surface area (Å²) in [7, 11) is 4.09. The Morgan fingerprint density at radius 2 is 1.81 bits per heavy atom. The molecule has 1 saturated carbocycles. The number of hydrogen-bond donors (Lipinski definition) is 0. The normalized spacial score (nSPS) is 27.1. The van der Waals surface area contributed by atoms with Crippen LogP contribution in [0.5, 0.6) is 0 Å². The smallest absolute Gasteiger partial charge is 0.303 e. The summed E-state index contributed by atoms with van der Waals surface area (Å²) >= 11 is 0. The standard InChI is InChI=1S/C17H24F3N/c1-13-7-9-16(10-8-13,21(2)3)12-14-5-4-6-15(11-14)17(18,19)20/h4-6,11,13H,7-10,12H2,1-3H3. The maximum absolute atomic E-state index is 12.8. The first-order chi connectivity index (χ1) is 9.73. The number of hydrogen-bond acceptors (Lipinski definition) is 1. The third-order valence-corrected chi connectivity index (χ3v) is 4.94. The number of nitrogens with zero attached hydrogens (tertiary/aromatic N) is 1. The van der Waals surface area contributed by atoms with E-state index in [1.165, 1.54) is 12.1 Å². The minimum atomic E-state index is -4.26. The molecule has 0 radical (unpaired) electrons. The van der Waals surface area contributed by atoms with E-state index in [0.29, 0.717) is 6.42 Å². The van der Waals surface area contributed by atoms with Crippen molar-refractivity contribution in [1.82, 2.24) is 4.90 Å². The zero-order chi connectivity index (χ0) is 15.7. The van der Waals surface area contributed by atoms with Gasteiger partial charge in [0.2, 0.25) is 0 Å². The Bertz CT molecular complexity index is 471. The van der Waals surface area contributed by atoms with E-state index in [-0.39, 0.29) is 5.54 Å². The minimum absolute atomic E-state index is 0.00324. The van der Waals surface area contributed by atoms with Crippen molar-refractivity contribution >= 4 is 0 Å². The highest BCUT2D eigenvalue weighted by atomic mass is 19.4. The van der Waals surface area contributed by atoms with Gasteiger partial charge in [-0.1, -0.05) is 25.1 Å². The second-order valence-corrected chi connectivity index (χ2v) is 6.68. The van der Waals surface area contributed by atoms with Gasteiger partial charge in [-0.3, -0.25) is 0 Å². The number of alkyl halides is 3. The molecule has 4 heteroatoms. The predicted octanol–water partition coefficient (Wildman–Crippen LogP) is 4.76. The summed E-state index contributed by atoms with van der Waals surface area (Å²) in [4.78, 5) is 2.21. The summed E-state index contributed by atoms with van der Waals surface area (Å²) in [5, 5.41) is 0. The molecule has 1 fully saturated rings. The maximum atomic E-state index is 12.8. The van der Waals surface area contributed by atoms with E-state index >= 15 is 0 Å². The van der Waals surface area contributed by atoms with E-state index in [0.717, 1.165) is 43.2 Å². The van der Waals surface area contributed by atoms with Crippen LogP contribution >= 0.6 is 0 Å². The predicted molar refractivity (Wildman–Crippen MR) is 79.2 cm³/mol. The Kier molecular flexibility index (Phi) is 4.66. The molecule has 1 aliphatic carbocycles. The number of likely N-dealkylation sites (N-methyl/N-ethyl adjacent to an activating group) is 1. The second kappa shape index (κ2) is 5.99. The lowest BCUT2D eigenvalue weighted by Crippen LogP contribution is -2.48. The first-order valence-corrected chi connectivity index (χ1v) is 7.56. The van der Waals surface area contributed by atoms with Crippen LogP contribution in [0.3, 0.4) is 0 Å². The van der Waals surface area contributed by atoms with Gasteiger partial charge < -0.3 is 4.90 Å². The second-order valence-electron chi connectivity index (χ2n) is 6.68. The van der Waals surface area contributed by atoms with Gasteiger partial charge >= 0.3 is 6.18 Å². The van der Waals surface area contributed by atoms with Crippen molar-refractivity contribution in [3.05, 3.63) is 35.4 Å². The molecule has 1 aromatic carbocycles. The molecule has 0 heterocycles. The molecule has 21 heavy (non-hydrogen) atoms. The van der Waals surface area contributed by atoms with Gasteiger partial charge in [0.15, 0.2) is 0 Å². The Balaban J connectivity index is 2.22. The zero-order valence-corrected chi connectivity index (χ0v) is 13.0. The van der Waals surface area contributed by atoms with Crippen LogP contribution in [0, 0.1) is 5.92 Å². The molecule has 118 valence electrons. The summed E-state index contributed by atoms with van der Waals surface area (Å²) in [6, 6.07) is 5.80. The van der Waals surface area contributed by atoms with Crippen molar-refractivity contribution < 1.29 is 13.2 Å². The number of rotatable bonds is 3. The van der Waals surface area contributed by atoms with Gasteiger partial charge in [-0.2, -0.15) is 13.2 Å². The Labute approximate surface area is 125 Å². The first-order valence-electron chi connectivity index (χ1n) is 7.56. The monoisotopic (exact) mass is 299 g/mol. The van der Waals surface area contributed by atoms with Gasteiger partial charge in [-0.15, -0.1) is 0 Å². The fourth-order valence-electron chi connectivity index (χ4n) is 3.32. The average molecular weight is 299 g/mol. The lowest BCUT2D eigenvalue weighted by molar-refractivity contribution is -0.137. The van der Waals surface area contributed by atoms with Gasteiger partial charge in [-0.05, 0) is 63.7 Å². The minimum Gasteiger partial charge on any atom is -0.303 e. The van der Waals surface area contributed by atoms with Crippen molar-refractivity contribution in [3.63, 3.8) is 0 Å². The molecule has 0 aliphatic heterocycles. The van der Waals surface area contributed by atoms with Gasteiger partial charge in [0, 0.05) is 5.54 Å². The fourth-order valence-corrected chi connectivity index (χ4v) is 3.32. The van der Waals surface area contributed by atoms with E-state index < -0.39 is 11.7 Å². The Morgan fingerprint density at radius 1 is 1.19 bits per heavy atom. The highest BCUT2D eigenvalue weighted by Gasteiger charge is 2.37. The summed E-state index contributed by atoms with van der Waals surface area (Å²) in [5.41, 5.74) is 0.239. The van der Waals surface area contributed by atoms with Crippen LogP contribution in [0.1, 0.15) is 43.7 Å². The molecule has 2 rings (SSSR count). The fraction of sp³-hybridized carbons (Fsp3) is 0.647. The molecule has 0 amide bonds. The van der Waals surface area contributed by atoms with Crippen LogP contribution in [0.25, 0.3) is 0 Å². The van der Waals surface area contributed by atoms with Crippen molar-refractivity contribution in [2.75, 3.05) is 14.1 Å². The summed E-state index contributed by atoms with van der Waals surface area (Å²) in [5.74, 6) is 0.722. The van der Waals surface area contributed by atoms with Crippen molar-refractivity contribution in [1.29, 1.82) is 0 Å². The molecule has 0 aromatic heterocycles. The molecule has 0 N–H and O–H groups in total. The summed E-state index contributed by atoms with van der Waals surface area (Å²) in [6.07, 6.45) is 0.835. The van der Waals surface area contributed by atoms with E-state index in [4.69, 9.17) is 0 Å². The van der Waals surface area contributed by atoms with Gasteiger partial charge in [0.05, 0.1) is 5.56 Å². The van der Waals surface area contributed by atoms with Crippen molar-refractivity contribution in [3.8, 4) is 0 Å². The van der Waals surface area contributed by atoms with Crippen LogP contribution in [-0.2, 0) is 12.6 Å². The number of halogens is 3. The lowest BCUT2D eigenvalue weighted by atomic mass is 9.73. The van der Waals surface area contributed by atoms with Gasteiger partial charge in [-0.25, -0.2) is 0 Å². The summed E-state index contributed by atoms with van der Waals surface area (Å²) in [6.45, 7) is 2.25. The van der Waals surface area contributed by atoms with Crippen LogP contribution < -0.4 is 0 Å². The highest BCUT2D eigenvalue weighted by molar-refractivity contribution is 5.27. The molecule has 1 aliphatic rings. The van der Waals surface area contributed by atoms with Crippen LogP contribution in [0.4, 0.5) is 13.2 Å². The molecular weight excluding hydrogens is 275 g/mol. The molecule has 1 aromatic rings. The number of benzene rings is 1. The zero-order valence-electron chi connectivity index (χ0n) is 13.0. The van der Waals surface area contributed by atoms with Crippen molar-refractivity contribution in [2.45, 2.75) is 50.7 Å². The lowest BCUT2D eigenvalue weighted by Gasteiger charge is -2.45. The first kappa shape index (κ1) is 16.3. The Hall–Kier alpha value is -1.03. The van der Waals surface area contributed by atoms with Gasteiger partial charge in [0.25, 0.3) is 0 Å². The molecule has 0 bridgehead atoms. The third kappa shape index (κ3) is 3.79. The average Bonchev–Trinajstić information content (AvgIpc) is 2.41. The molecule has 0 saturated heterocycles. The van der Waals surface area contributed by atoms with E-state index in [1.807, 2.05) is 20.2 Å². The molecular formula is C17H24F3N. The maximum Gasteiger partial charge on any atom is 0.416 e. The van der Waals surface area contributed by atoms with E-state index in [9.17, 15) is 13.2 Å². The van der Waals surface area contributed by atoms with Crippen molar-refractivity contribution in [2.24, 2.45) is 5.92 Å². The largest absolute Gasteiger partial charge is 0.416 e. The molecule has 1 nitrogen and oxygen atoms in total.